The van der Waals surface area contributed by atoms with E-state index in [2.05, 4.69) is 9.22 Å². The lowest BCUT2D eigenvalue weighted by atomic mass is 10.3. The Morgan fingerprint density at radius 1 is 1.27 bits per heavy atom. The Kier molecular flexibility index (Phi) is 6.63. The van der Waals surface area contributed by atoms with E-state index in [1.54, 1.807) is 24.3 Å². The van der Waals surface area contributed by atoms with Gasteiger partial charge >= 0.3 is 10.4 Å². The van der Waals surface area contributed by atoms with Crippen LogP contribution in [-0.4, -0.2) is 24.7 Å². The second-order valence-corrected chi connectivity index (χ2v) is 3.23. The molecule has 7 heteroatoms. The Balaban J connectivity index is 0.000000262. The van der Waals surface area contributed by atoms with Crippen LogP contribution >= 0.6 is 0 Å². The Bertz CT molecular complexity index is 347. The smallest absolute Gasteiger partial charge is 0.424 e. The standard InChI is InChI=1S/C6H6O.C2H6O5S/c7-6-4-2-1-3-5-6;1-2-6-7-8(3,4)5/h1-5,7H;2H2,1H3,(H,3,4,5). The highest BCUT2D eigenvalue weighted by atomic mass is 32.3. The van der Waals surface area contributed by atoms with Gasteiger partial charge in [-0.1, -0.05) is 22.5 Å². The lowest BCUT2D eigenvalue weighted by Gasteiger charge is -1.92. The van der Waals surface area contributed by atoms with Crippen LogP contribution in [0.15, 0.2) is 30.3 Å². The molecular formula is C8H12O6S. The fourth-order valence-corrected chi connectivity index (χ4v) is 0.755. The average Bonchev–Trinajstić information content (AvgIpc) is 2.16. The predicted molar refractivity (Wildman–Crippen MR) is 52.4 cm³/mol. The van der Waals surface area contributed by atoms with Gasteiger partial charge in [0.25, 0.3) is 0 Å². The Morgan fingerprint density at radius 3 is 2.00 bits per heavy atom. The largest absolute Gasteiger partial charge is 0.508 e. The normalized spacial score (nSPS) is 10.3. The minimum absolute atomic E-state index is 0.0692. The van der Waals surface area contributed by atoms with Gasteiger partial charge in [0.2, 0.25) is 0 Å². The zero-order valence-electron chi connectivity index (χ0n) is 8.03. The summed E-state index contributed by atoms with van der Waals surface area (Å²) in [6, 6.07) is 8.71. The van der Waals surface area contributed by atoms with E-state index in [-0.39, 0.29) is 6.61 Å². The summed E-state index contributed by atoms with van der Waals surface area (Å²) in [5.74, 6) is 0.322. The molecule has 86 valence electrons. The summed E-state index contributed by atoms with van der Waals surface area (Å²) >= 11 is 0. The summed E-state index contributed by atoms with van der Waals surface area (Å²) in [6.07, 6.45) is 0. The molecule has 0 bridgehead atoms. The van der Waals surface area contributed by atoms with Gasteiger partial charge < -0.3 is 5.11 Å². The van der Waals surface area contributed by atoms with Gasteiger partial charge in [-0.15, -0.1) is 0 Å². The van der Waals surface area contributed by atoms with Gasteiger partial charge in [0, 0.05) is 0 Å². The number of phenols is 1. The van der Waals surface area contributed by atoms with Crippen molar-refractivity contribution >= 4 is 10.4 Å². The van der Waals surface area contributed by atoms with Crippen LogP contribution in [0.3, 0.4) is 0 Å². The van der Waals surface area contributed by atoms with Gasteiger partial charge in [0.05, 0.1) is 6.61 Å². The molecule has 0 aliphatic rings. The maximum atomic E-state index is 9.60. The first-order chi connectivity index (χ1) is 6.95. The number of phenolic OH excluding ortho intramolecular Hbond substituents is 1. The minimum Gasteiger partial charge on any atom is -0.508 e. The van der Waals surface area contributed by atoms with Crippen LogP contribution in [0.2, 0.25) is 0 Å². The van der Waals surface area contributed by atoms with Crippen LogP contribution in [0.5, 0.6) is 5.75 Å². The molecule has 0 spiro atoms. The van der Waals surface area contributed by atoms with E-state index in [0.29, 0.717) is 5.75 Å². The third-order valence-electron chi connectivity index (χ3n) is 1.01. The highest BCUT2D eigenvalue weighted by Gasteiger charge is 2.02. The molecule has 0 aromatic heterocycles. The van der Waals surface area contributed by atoms with Crippen molar-refractivity contribution in [3.63, 3.8) is 0 Å². The SMILES string of the molecule is CCOOS(=O)(=O)O.Oc1ccccc1. The van der Waals surface area contributed by atoms with Crippen LogP contribution in [0.4, 0.5) is 0 Å². The van der Waals surface area contributed by atoms with Crippen molar-refractivity contribution in [2.45, 2.75) is 6.92 Å². The second-order valence-electron chi connectivity index (χ2n) is 2.24. The summed E-state index contributed by atoms with van der Waals surface area (Å²) in [7, 11) is -4.41. The minimum atomic E-state index is -4.41. The molecule has 0 unspecified atom stereocenters. The highest BCUT2D eigenvalue weighted by Crippen LogP contribution is 2.02. The number of rotatable bonds is 3. The van der Waals surface area contributed by atoms with Crippen molar-refractivity contribution in [1.29, 1.82) is 0 Å². The van der Waals surface area contributed by atoms with Gasteiger partial charge in [-0.25, -0.2) is 4.89 Å². The van der Waals surface area contributed by atoms with E-state index < -0.39 is 10.4 Å². The van der Waals surface area contributed by atoms with Crippen molar-refractivity contribution in [1.82, 2.24) is 0 Å². The van der Waals surface area contributed by atoms with Gasteiger partial charge in [0.1, 0.15) is 5.75 Å². The van der Waals surface area contributed by atoms with E-state index in [4.69, 9.17) is 9.66 Å². The van der Waals surface area contributed by atoms with E-state index in [1.807, 2.05) is 6.07 Å². The van der Waals surface area contributed by atoms with Crippen molar-refractivity contribution < 1.29 is 27.3 Å². The molecule has 0 saturated carbocycles. The molecule has 1 aromatic carbocycles. The first-order valence-corrected chi connectivity index (χ1v) is 5.34. The van der Waals surface area contributed by atoms with Gasteiger partial charge in [0.15, 0.2) is 0 Å². The summed E-state index contributed by atoms with van der Waals surface area (Å²) in [6.45, 7) is 1.59. The fraction of sp³-hybridized carbons (Fsp3) is 0.250. The van der Waals surface area contributed by atoms with Crippen LogP contribution in [-0.2, 0) is 19.6 Å². The van der Waals surface area contributed by atoms with Gasteiger partial charge in [-0.2, -0.15) is 8.42 Å². The summed E-state index contributed by atoms with van der Waals surface area (Å²) in [5, 5.41) is 8.63. The van der Waals surface area contributed by atoms with Crippen molar-refractivity contribution in [2.24, 2.45) is 0 Å². The molecule has 0 amide bonds. The van der Waals surface area contributed by atoms with Crippen LogP contribution in [0.1, 0.15) is 6.92 Å². The molecule has 0 aliphatic carbocycles. The van der Waals surface area contributed by atoms with Crippen molar-refractivity contribution in [3.05, 3.63) is 30.3 Å². The molecule has 0 radical (unpaired) electrons. The molecule has 0 fully saturated rings. The van der Waals surface area contributed by atoms with Gasteiger partial charge in [-0.3, -0.25) is 4.55 Å². The number of hydrogen-bond donors (Lipinski definition) is 2. The topological polar surface area (TPSA) is 93.1 Å². The molecule has 1 rings (SSSR count). The number of para-hydroxylation sites is 1. The van der Waals surface area contributed by atoms with E-state index in [1.165, 1.54) is 6.92 Å². The maximum absolute atomic E-state index is 9.60. The highest BCUT2D eigenvalue weighted by molar-refractivity contribution is 7.80. The molecule has 0 saturated heterocycles. The van der Waals surface area contributed by atoms with Gasteiger partial charge in [-0.05, 0) is 19.1 Å². The van der Waals surface area contributed by atoms with Crippen molar-refractivity contribution in [2.75, 3.05) is 6.61 Å². The second kappa shape index (κ2) is 7.18. The number of benzene rings is 1. The molecule has 6 nitrogen and oxygen atoms in total. The van der Waals surface area contributed by atoms with E-state index in [9.17, 15) is 8.42 Å². The first kappa shape index (κ1) is 13.8. The zero-order valence-corrected chi connectivity index (χ0v) is 8.85. The summed E-state index contributed by atoms with van der Waals surface area (Å²) in [5.41, 5.74) is 0. The predicted octanol–water partition coefficient (Wildman–Crippen LogP) is 1.15. The molecular weight excluding hydrogens is 224 g/mol. The average molecular weight is 236 g/mol. The molecule has 0 atom stereocenters. The first-order valence-electron chi connectivity index (χ1n) is 3.98. The number of hydrogen-bond acceptors (Lipinski definition) is 5. The lowest BCUT2D eigenvalue weighted by Crippen LogP contribution is -2.03. The Labute approximate surface area is 88.0 Å². The third-order valence-corrected chi connectivity index (χ3v) is 1.28. The molecule has 0 heterocycles. The molecule has 1 aromatic rings. The van der Waals surface area contributed by atoms with Crippen LogP contribution < -0.4 is 0 Å². The van der Waals surface area contributed by atoms with Crippen LogP contribution in [0, 0.1) is 0 Å². The third kappa shape index (κ3) is 10.8. The van der Waals surface area contributed by atoms with Crippen LogP contribution in [0.25, 0.3) is 0 Å². The quantitative estimate of drug-likeness (QED) is 0.464. The zero-order chi connectivity index (χ0) is 11.7. The molecule has 2 N–H and O–H groups in total. The lowest BCUT2D eigenvalue weighted by molar-refractivity contribution is -0.203. The molecule has 15 heavy (non-hydrogen) atoms. The Morgan fingerprint density at radius 2 is 1.80 bits per heavy atom. The Hall–Kier alpha value is -1.15. The number of aromatic hydroxyl groups is 1. The monoisotopic (exact) mass is 236 g/mol. The summed E-state index contributed by atoms with van der Waals surface area (Å²) < 4.78 is 30.4. The fourth-order valence-electron chi connectivity index (χ4n) is 0.537. The van der Waals surface area contributed by atoms with E-state index >= 15 is 0 Å². The maximum Gasteiger partial charge on any atom is 0.424 e. The summed E-state index contributed by atoms with van der Waals surface area (Å²) in [4.78, 5) is 3.86. The molecule has 0 aliphatic heterocycles. The van der Waals surface area contributed by atoms with Crippen molar-refractivity contribution in [3.8, 4) is 5.75 Å². The van der Waals surface area contributed by atoms with E-state index in [0.717, 1.165) is 0 Å².